The number of hydrogen-bond donors (Lipinski definition) is 0. The minimum atomic E-state index is -0.716. The van der Waals surface area contributed by atoms with E-state index in [1.54, 1.807) is 4.90 Å². The molecule has 1 unspecified atom stereocenters. The molecule has 4 aromatic rings. The van der Waals surface area contributed by atoms with E-state index in [2.05, 4.69) is 0 Å². The maximum atomic E-state index is 14.0. The summed E-state index contributed by atoms with van der Waals surface area (Å²) in [7, 11) is 0. The van der Waals surface area contributed by atoms with Crippen LogP contribution >= 0.6 is 0 Å². The predicted molar refractivity (Wildman–Crippen MR) is 152 cm³/mol. The number of benzene rings is 3. The molecule has 1 aliphatic heterocycles. The van der Waals surface area contributed by atoms with E-state index in [4.69, 9.17) is 18.6 Å². The second-order valence-electron chi connectivity index (χ2n) is 9.60. The lowest BCUT2D eigenvalue weighted by molar-refractivity contribution is 0.0971. The first-order valence-corrected chi connectivity index (χ1v) is 13.4. The van der Waals surface area contributed by atoms with Crippen LogP contribution in [0.15, 0.2) is 63.8 Å². The van der Waals surface area contributed by atoms with Crippen LogP contribution in [0.1, 0.15) is 66.0 Å². The van der Waals surface area contributed by atoms with Crippen LogP contribution in [-0.4, -0.2) is 25.7 Å². The molecule has 0 saturated heterocycles. The Labute approximate surface area is 227 Å². The molecule has 39 heavy (non-hydrogen) atoms. The number of rotatable bonds is 9. The zero-order valence-electron chi connectivity index (χ0n) is 23.0. The molecule has 0 aliphatic carbocycles. The first-order chi connectivity index (χ1) is 18.9. The van der Waals surface area contributed by atoms with Gasteiger partial charge in [0.25, 0.3) is 5.91 Å². The van der Waals surface area contributed by atoms with Crippen molar-refractivity contribution in [2.24, 2.45) is 0 Å². The maximum Gasteiger partial charge on any atom is 0.295 e. The molecule has 7 nitrogen and oxygen atoms in total. The SMILES string of the molecule is CCCOc1ccc(C2c3c(oc4cc(C)c(C)cc4c3=O)C(=O)N2c2ccc(OCC)cc2)cc1OCC. The fourth-order valence-corrected chi connectivity index (χ4v) is 4.97. The van der Waals surface area contributed by atoms with Crippen molar-refractivity contribution >= 4 is 22.6 Å². The van der Waals surface area contributed by atoms with Crippen LogP contribution in [-0.2, 0) is 0 Å². The Bertz CT molecular complexity index is 1590. The van der Waals surface area contributed by atoms with Gasteiger partial charge < -0.3 is 18.6 Å². The van der Waals surface area contributed by atoms with Crippen LogP contribution in [0.5, 0.6) is 17.2 Å². The van der Waals surface area contributed by atoms with Crippen molar-refractivity contribution in [3.05, 3.63) is 92.8 Å². The number of carbonyl (C=O) groups excluding carboxylic acids is 1. The Morgan fingerprint density at radius 2 is 1.54 bits per heavy atom. The molecule has 1 atom stereocenters. The number of fused-ring (bicyclic) bond motifs is 2. The van der Waals surface area contributed by atoms with Gasteiger partial charge in [-0.25, -0.2) is 0 Å². The van der Waals surface area contributed by atoms with E-state index < -0.39 is 6.04 Å². The van der Waals surface area contributed by atoms with Crippen LogP contribution in [0.3, 0.4) is 0 Å². The predicted octanol–water partition coefficient (Wildman–Crippen LogP) is 6.75. The summed E-state index contributed by atoms with van der Waals surface area (Å²) >= 11 is 0. The summed E-state index contributed by atoms with van der Waals surface area (Å²) in [5.41, 5.74) is 3.81. The van der Waals surface area contributed by atoms with Gasteiger partial charge in [-0.15, -0.1) is 0 Å². The van der Waals surface area contributed by atoms with Gasteiger partial charge in [-0.1, -0.05) is 13.0 Å². The highest BCUT2D eigenvalue weighted by atomic mass is 16.5. The Morgan fingerprint density at radius 3 is 2.23 bits per heavy atom. The Kier molecular flexibility index (Phi) is 7.33. The molecule has 0 spiro atoms. The minimum absolute atomic E-state index is 0.0545. The van der Waals surface area contributed by atoms with Crippen molar-refractivity contribution in [1.82, 2.24) is 0 Å². The first kappa shape index (κ1) is 26.4. The van der Waals surface area contributed by atoms with Gasteiger partial charge in [0.15, 0.2) is 16.9 Å². The van der Waals surface area contributed by atoms with Crippen molar-refractivity contribution in [2.75, 3.05) is 24.7 Å². The van der Waals surface area contributed by atoms with Crippen LogP contribution in [0.25, 0.3) is 11.0 Å². The molecule has 0 N–H and O–H groups in total. The zero-order chi connectivity index (χ0) is 27.7. The second-order valence-corrected chi connectivity index (χ2v) is 9.60. The molecular formula is C32H33NO6. The van der Waals surface area contributed by atoms with Gasteiger partial charge in [0.2, 0.25) is 5.76 Å². The summed E-state index contributed by atoms with van der Waals surface area (Å²) in [5.74, 6) is 1.56. The van der Waals surface area contributed by atoms with Crippen molar-refractivity contribution in [3.8, 4) is 17.2 Å². The van der Waals surface area contributed by atoms with Crippen molar-refractivity contribution < 1.29 is 23.4 Å². The number of aryl methyl sites for hydroxylation is 2. The van der Waals surface area contributed by atoms with E-state index in [-0.39, 0.29) is 17.1 Å². The quantitative estimate of drug-likeness (QED) is 0.240. The summed E-state index contributed by atoms with van der Waals surface area (Å²) in [4.78, 5) is 29.6. The normalized spacial score (nSPS) is 14.5. The summed E-state index contributed by atoms with van der Waals surface area (Å²) in [6.07, 6.45) is 0.857. The summed E-state index contributed by atoms with van der Waals surface area (Å²) in [5, 5.41) is 0.455. The maximum absolute atomic E-state index is 14.0. The van der Waals surface area contributed by atoms with Gasteiger partial charge >= 0.3 is 0 Å². The van der Waals surface area contributed by atoms with E-state index in [1.165, 1.54) is 0 Å². The van der Waals surface area contributed by atoms with E-state index in [0.717, 1.165) is 23.1 Å². The number of nitrogens with zero attached hydrogens (tertiary/aromatic N) is 1. The molecule has 5 rings (SSSR count). The van der Waals surface area contributed by atoms with Gasteiger partial charge in [0.05, 0.1) is 36.8 Å². The van der Waals surface area contributed by atoms with Crippen molar-refractivity contribution in [3.63, 3.8) is 0 Å². The average Bonchev–Trinajstić information content (AvgIpc) is 3.22. The lowest BCUT2D eigenvalue weighted by Gasteiger charge is -2.26. The smallest absolute Gasteiger partial charge is 0.295 e. The number of hydrogen-bond acceptors (Lipinski definition) is 6. The summed E-state index contributed by atoms with van der Waals surface area (Å²) in [6.45, 7) is 11.3. The number of amides is 1. The molecule has 0 saturated carbocycles. The number of carbonyl (C=O) groups is 1. The van der Waals surface area contributed by atoms with Gasteiger partial charge in [-0.05, 0) is 99.3 Å². The number of anilines is 1. The standard InChI is InChI=1S/C32H33NO6/c1-6-15-38-25-14-9-21(18-27(25)37-8-3)29-28-30(34)24-16-19(4)20(5)17-26(24)39-31(28)32(35)33(29)22-10-12-23(13-11-22)36-7-2/h9-14,16-18,29H,6-8,15H2,1-5H3. The largest absolute Gasteiger partial charge is 0.494 e. The molecule has 1 aromatic heterocycles. The minimum Gasteiger partial charge on any atom is -0.494 e. The molecule has 0 fully saturated rings. The second kappa shape index (κ2) is 10.8. The highest BCUT2D eigenvalue weighted by molar-refractivity contribution is 6.10. The molecule has 1 aliphatic rings. The molecule has 3 aromatic carbocycles. The average molecular weight is 528 g/mol. The first-order valence-electron chi connectivity index (χ1n) is 13.4. The molecule has 2 heterocycles. The fourth-order valence-electron chi connectivity index (χ4n) is 4.97. The zero-order valence-corrected chi connectivity index (χ0v) is 23.0. The Hall–Kier alpha value is -4.26. The van der Waals surface area contributed by atoms with Crippen LogP contribution in [0.2, 0.25) is 0 Å². The van der Waals surface area contributed by atoms with E-state index >= 15 is 0 Å². The van der Waals surface area contributed by atoms with Crippen molar-refractivity contribution in [2.45, 2.75) is 47.1 Å². The summed E-state index contributed by atoms with van der Waals surface area (Å²) in [6, 6.07) is 15.8. The Morgan fingerprint density at radius 1 is 0.821 bits per heavy atom. The van der Waals surface area contributed by atoms with Crippen LogP contribution in [0, 0.1) is 13.8 Å². The van der Waals surface area contributed by atoms with Gasteiger partial charge in [0.1, 0.15) is 11.3 Å². The van der Waals surface area contributed by atoms with E-state index in [9.17, 15) is 9.59 Å². The highest BCUT2D eigenvalue weighted by Crippen LogP contribution is 2.43. The molecular weight excluding hydrogens is 494 g/mol. The molecule has 1 amide bonds. The third-order valence-corrected chi connectivity index (χ3v) is 6.96. The molecule has 7 heteroatoms. The van der Waals surface area contributed by atoms with Crippen molar-refractivity contribution in [1.29, 1.82) is 0 Å². The van der Waals surface area contributed by atoms with Crippen LogP contribution < -0.4 is 24.5 Å². The monoisotopic (exact) mass is 527 g/mol. The third-order valence-electron chi connectivity index (χ3n) is 6.96. The molecule has 0 bridgehead atoms. The van der Waals surface area contributed by atoms with Crippen LogP contribution in [0.4, 0.5) is 5.69 Å². The molecule has 202 valence electrons. The number of ether oxygens (including phenoxy) is 3. The lowest BCUT2D eigenvalue weighted by atomic mass is 9.97. The fraction of sp³-hybridized carbons (Fsp3) is 0.312. The topological polar surface area (TPSA) is 78.2 Å². The Balaban J connectivity index is 1.73. The van der Waals surface area contributed by atoms with Gasteiger partial charge in [0, 0.05) is 5.69 Å². The van der Waals surface area contributed by atoms with Gasteiger partial charge in [-0.3, -0.25) is 14.5 Å². The van der Waals surface area contributed by atoms with E-state index in [1.807, 2.05) is 89.2 Å². The third kappa shape index (κ3) is 4.73. The van der Waals surface area contributed by atoms with Gasteiger partial charge in [-0.2, -0.15) is 0 Å². The molecule has 0 radical (unpaired) electrons. The summed E-state index contributed by atoms with van der Waals surface area (Å²) < 4.78 is 23.6. The van der Waals surface area contributed by atoms with E-state index in [0.29, 0.717) is 59.3 Å². The lowest BCUT2D eigenvalue weighted by Crippen LogP contribution is -2.29. The highest BCUT2D eigenvalue weighted by Gasteiger charge is 2.44.